The number of aromatic hydroxyl groups is 1. The van der Waals surface area contributed by atoms with Gasteiger partial charge in [0, 0.05) is 16.1 Å². The van der Waals surface area contributed by atoms with E-state index >= 15 is 0 Å². The Labute approximate surface area is 157 Å². The molecule has 138 valence electrons. The van der Waals surface area contributed by atoms with Gasteiger partial charge < -0.3 is 19.3 Å². The van der Waals surface area contributed by atoms with Crippen LogP contribution in [-0.2, 0) is 0 Å². The summed E-state index contributed by atoms with van der Waals surface area (Å²) in [6.45, 7) is 3.48. The van der Waals surface area contributed by atoms with Gasteiger partial charge in [-0.05, 0) is 44.2 Å². The molecular weight excluding hydrogens is 356 g/mol. The van der Waals surface area contributed by atoms with Gasteiger partial charge in [-0.25, -0.2) is 0 Å². The first kappa shape index (κ1) is 19.7. The van der Waals surface area contributed by atoms with Crippen molar-refractivity contribution in [1.29, 1.82) is 0 Å². The third-order valence-electron chi connectivity index (χ3n) is 4.12. The van der Waals surface area contributed by atoms with E-state index in [1.54, 1.807) is 38.1 Å². The summed E-state index contributed by atoms with van der Waals surface area (Å²) < 4.78 is 16.0. The summed E-state index contributed by atoms with van der Waals surface area (Å²) in [6.07, 6.45) is 3.01. The summed E-state index contributed by atoms with van der Waals surface area (Å²) in [4.78, 5) is 12.6. The molecular formula is C20H21ClO5. The average Bonchev–Trinajstić information content (AvgIpc) is 2.64. The second-order valence-electron chi connectivity index (χ2n) is 5.62. The minimum absolute atomic E-state index is 0.0987. The summed E-state index contributed by atoms with van der Waals surface area (Å²) in [5.74, 6) is 1.12. The minimum atomic E-state index is -0.258. The van der Waals surface area contributed by atoms with Crippen molar-refractivity contribution in [3.05, 3.63) is 51.6 Å². The number of phenols is 1. The Kier molecular flexibility index (Phi) is 6.16. The van der Waals surface area contributed by atoms with Crippen molar-refractivity contribution in [2.45, 2.75) is 13.8 Å². The molecule has 0 unspecified atom stereocenters. The van der Waals surface area contributed by atoms with Crippen LogP contribution in [0.2, 0.25) is 5.02 Å². The zero-order valence-corrected chi connectivity index (χ0v) is 16.1. The Morgan fingerprint density at radius 3 is 2.12 bits per heavy atom. The van der Waals surface area contributed by atoms with Crippen LogP contribution in [0.5, 0.6) is 23.0 Å². The van der Waals surface area contributed by atoms with Gasteiger partial charge in [0.05, 0.1) is 32.5 Å². The van der Waals surface area contributed by atoms with Crippen LogP contribution in [0.15, 0.2) is 24.3 Å². The van der Waals surface area contributed by atoms with E-state index < -0.39 is 0 Å². The van der Waals surface area contributed by atoms with Crippen molar-refractivity contribution >= 4 is 23.5 Å². The van der Waals surface area contributed by atoms with E-state index in [4.69, 9.17) is 25.8 Å². The van der Waals surface area contributed by atoms with Gasteiger partial charge in [0.2, 0.25) is 0 Å². The van der Waals surface area contributed by atoms with Crippen LogP contribution in [0.1, 0.15) is 27.0 Å². The van der Waals surface area contributed by atoms with E-state index in [0.29, 0.717) is 44.5 Å². The maximum Gasteiger partial charge on any atom is 0.189 e. The quantitative estimate of drug-likeness (QED) is 0.590. The second-order valence-corrected chi connectivity index (χ2v) is 6.06. The zero-order chi connectivity index (χ0) is 19.4. The summed E-state index contributed by atoms with van der Waals surface area (Å²) in [5, 5.41) is 10.7. The van der Waals surface area contributed by atoms with Crippen LogP contribution in [-0.4, -0.2) is 32.2 Å². The minimum Gasteiger partial charge on any atom is -0.507 e. The largest absolute Gasteiger partial charge is 0.507 e. The predicted molar refractivity (Wildman–Crippen MR) is 102 cm³/mol. The lowest BCUT2D eigenvalue weighted by atomic mass is 10.0. The van der Waals surface area contributed by atoms with Crippen LogP contribution in [0.4, 0.5) is 0 Å². The van der Waals surface area contributed by atoms with Crippen molar-refractivity contribution < 1.29 is 24.1 Å². The molecule has 0 fully saturated rings. The van der Waals surface area contributed by atoms with Gasteiger partial charge in [0.15, 0.2) is 5.78 Å². The predicted octanol–water partition coefficient (Wildman–Crippen LogP) is 4.58. The number of hydrogen-bond donors (Lipinski definition) is 1. The Hall–Kier alpha value is -2.66. The molecule has 0 saturated heterocycles. The van der Waals surface area contributed by atoms with Gasteiger partial charge in [0.1, 0.15) is 23.0 Å². The number of phenolic OH excluding ortho intramolecular Hbond substituents is 1. The molecule has 0 amide bonds. The molecule has 0 atom stereocenters. The summed E-state index contributed by atoms with van der Waals surface area (Å²) >= 11 is 5.94. The molecule has 0 saturated carbocycles. The number of rotatable bonds is 6. The highest BCUT2D eigenvalue weighted by atomic mass is 35.5. The molecule has 0 aliphatic carbocycles. The van der Waals surface area contributed by atoms with Crippen LogP contribution in [0, 0.1) is 13.8 Å². The van der Waals surface area contributed by atoms with Gasteiger partial charge in [-0.3, -0.25) is 4.79 Å². The molecule has 0 aliphatic rings. The van der Waals surface area contributed by atoms with Crippen LogP contribution in [0.3, 0.4) is 0 Å². The van der Waals surface area contributed by atoms with E-state index in [0.717, 1.165) is 0 Å². The Morgan fingerprint density at radius 1 is 1.04 bits per heavy atom. The smallest absolute Gasteiger partial charge is 0.189 e. The van der Waals surface area contributed by atoms with Gasteiger partial charge in [-0.2, -0.15) is 0 Å². The van der Waals surface area contributed by atoms with E-state index in [2.05, 4.69) is 0 Å². The van der Waals surface area contributed by atoms with Crippen molar-refractivity contribution in [2.24, 2.45) is 0 Å². The highest BCUT2D eigenvalue weighted by molar-refractivity contribution is 6.31. The molecule has 5 nitrogen and oxygen atoms in total. The monoisotopic (exact) mass is 376 g/mol. The second kappa shape index (κ2) is 8.15. The first-order valence-corrected chi connectivity index (χ1v) is 8.23. The van der Waals surface area contributed by atoms with Crippen LogP contribution >= 0.6 is 11.6 Å². The van der Waals surface area contributed by atoms with Crippen LogP contribution in [0.25, 0.3) is 6.08 Å². The van der Waals surface area contributed by atoms with E-state index in [1.165, 1.54) is 27.4 Å². The van der Waals surface area contributed by atoms with Gasteiger partial charge >= 0.3 is 0 Å². The third kappa shape index (κ3) is 3.63. The SMILES string of the molecule is COc1cc(Cl)ccc1C(=O)C=Cc1c(OC)c(C)c(O)c(C)c1OC. The van der Waals surface area contributed by atoms with Gasteiger partial charge in [-0.15, -0.1) is 0 Å². The number of halogens is 1. The zero-order valence-electron chi connectivity index (χ0n) is 15.3. The lowest BCUT2D eigenvalue weighted by Crippen LogP contribution is -2.01. The standard InChI is InChI=1S/C20H21ClO5/c1-11-18(23)12(2)20(26-5)15(19(11)25-4)8-9-16(22)14-7-6-13(21)10-17(14)24-3/h6-10,23H,1-5H3. The lowest BCUT2D eigenvalue weighted by molar-refractivity contribution is 0.104. The van der Waals surface area contributed by atoms with Crippen molar-refractivity contribution in [3.8, 4) is 23.0 Å². The fourth-order valence-corrected chi connectivity index (χ4v) is 2.96. The highest BCUT2D eigenvalue weighted by Crippen LogP contribution is 2.42. The van der Waals surface area contributed by atoms with E-state index in [9.17, 15) is 9.90 Å². The molecule has 2 aromatic rings. The number of benzene rings is 2. The topological polar surface area (TPSA) is 65.0 Å². The van der Waals surface area contributed by atoms with Gasteiger partial charge in [-0.1, -0.05) is 11.6 Å². The number of methoxy groups -OCH3 is 3. The molecule has 0 heterocycles. The van der Waals surface area contributed by atoms with Gasteiger partial charge in [0.25, 0.3) is 0 Å². The number of ether oxygens (including phenoxy) is 3. The third-order valence-corrected chi connectivity index (χ3v) is 4.35. The van der Waals surface area contributed by atoms with Crippen molar-refractivity contribution in [3.63, 3.8) is 0 Å². The molecule has 2 aromatic carbocycles. The molecule has 0 bridgehead atoms. The van der Waals surface area contributed by atoms with Crippen molar-refractivity contribution in [2.75, 3.05) is 21.3 Å². The molecule has 6 heteroatoms. The first-order chi connectivity index (χ1) is 12.3. The number of carbonyl (C=O) groups is 1. The Morgan fingerprint density at radius 2 is 1.62 bits per heavy atom. The maximum atomic E-state index is 12.6. The highest BCUT2D eigenvalue weighted by Gasteiger charge is 2.20. The lowest BCUT2D eigenvalue weighted by Gasteiger charge is -2.17. The fraction of sp³-hybridized carbons (Fsp3) is 0.250. The van der Waals surface area contributed by atoms with Crippen LogP contribution < -0.4 is 14.2 Å². The van der Waals surface area contributed by atoms with E-state index in [-0.39, 0.29) is 11.5 Å². The molecule has 0 spiro atoms. The Balaban J connectivity index is 2.53. The number of carbonyl (C=O) groups excluding carboxylic acids is 1. The summed E-state index contributed by atoms with van der Waals surface area (Å²) in [6, 6.07) is 4.81. The first-order valence-electron chi connectivity index (χ1n) is 7.85. The molecule has 26 heavy (non-hydrogen) atoms. The number of hydrogen-bond acceptors (Lipinski definition) is 5. The average molecular weight is 377 g/mol. The fourth-order valence-electron chi connectivity index (χ4n) is 2.80. The Bertz CT molecular complexity index is 840. The molecule has 0 aromatic heterocycles. The normalized spacial score (nSPS) is 10.8. The molecule has 2 rings (SSSR count). The summed E-state index contributed by atoms with van der Waals surface area (Å²) in [5.41, 5.74) is 2.10. The van der Waals surface area contributed by atoms with E-state index in [1.807, 2.05) is 0 Å². The van der Waals surface area contributed by atoms with Crippen molar-refractivity contribution in [1.82, 2.24) is 0 Å². The number of allylic oxidation sites excluding steroid dienone is 1. The summed E-state index contributed by atoms with van der Waals surface area (Å²) in [7, 11) is 4.47. The molecule has 1 N–H and O–H groups in total. The molecule has 0 aliphatic heterocycles. The maximum absolute atomic E-state index is 12.6. The number of ketones is 1. The molecule has 0 radical (unpaired) electrons.